The van der Waals surface area contributed by atoms with Crippen LogP contribution in [0.4, 0.5) is 0 Å². The van der Waals surface area contributed by atoms with E-state index in [1.807, 2.05) is 24.3 Å². The fourth-order valence-corrected chi connectivity index (χ4v) is 1.60. The smallest absolute Gasteiger partial charge is 0.142 e. The number of hydrogen-bond acceptors (Lipinski definition) is 3. The van der Waals surface area contributed by atoms with Crippen LogP contribution in [0.15, 0.2) is 36.4 Å². The van der Waals surface area contributed by atoms with Gasteiger partial charge in [0.05, 0.1) is 12.1 Å². The molecule has 3 nitrogen and oxygen atoms in total. The summed E-state index contributed by atoms with van der Waals surface area (Å²) >= 11 is 5.92. The Hall–Kier alpha value is -1.87. The second-order valence-electron chi connectivity index (χ2n) is 3.67. The van der Waals surface area contributed by atoms with E-state index in [-0.39, 0.29) is 5.75 Å². The van der Waals surface area contributed by atoms with Gasteiger partial charge in [-0.2, -0.15) is 0 Å². The molecule has 0 aliphatic heterocycles. The lowest BCUT2D eigenvalue weighted by Crippen LogP contribution is -1.96. The van der Waals surface area contributed by atoms with E-state index in [1.165, 1.54) is 12.1 Å². The normalized spacial score (nSPS) is 10.1. The molecule has 0 bridgehead atoms. The highest BCUT2D eigenvalue weighted by atomic mass is 35.5. The number of hydrogen-bond donors (Lipinski definition) is 1. The number of benzene rings is 2. The first-order valence-electron chi connectivity index (χ1n) is 5.35. The highest BCUT2D eigenvalue weighted by Crippen LogP contribution is 2.28. The molecule has 1 radical (unpaired) electrons. The maximum Gasteiger partial charge on any atom is 0.142 e. The van der Waals surface area contributed by atoms with Crippen molar-refractivity contribution in [3.8, 4) is 17.2 Å². The Morgan fingerprint density at radius 2 is 2.00 bits per heavy atom. The van der Waals surface area contributed by atoms with Crippen LogP contribution in [0.3, 0.4) is 0 Å². The van der Waals surface area contributed by atoms with Gasteiger partial charge in [-0.25, -0.2) is 0 Å². The van der Waals surface area contributed by atoms with E-state index >= 15 is 0 Å². The van der Waals surface area contributed by atoms with Gasteiger partial charge in [0.25, 0.3) is 0 Å². The number of methoxy groups -OCH3 is 1. The van der Waals surface area contributed by atoms with Crippen LogP contribution in [0.5, 0.6) is 17.2 Å². The lowest BCUT2D eigenvalue weighted by atomic mass is 10.2. The van der Waals surface area contributed by atoms with Crippen LogP contribution in [-0.2, 0) is 6.61 Å². The summed E-state index contributed by atoms with van der Waals surface area (Å²) in [6.45, 7) is 0.368. The van der Waals surface area contributed by atoms with Crippen molar-refractivity contribution in [3.63, 3.8) is 0 Å². The summed E-state index contributed by atoms with van der Waals surface area (Å²) in [5, 5.41) is 9.71. The van der Waals surface area contributed by atoms with Crippen LogP contribution in [0.25, 0.3) is 0 Å². The number of halogens is 1. The zero-order chi connectivity index (χ0) is 13.0. The van der Waals surface area contributed by atoms with Gasteiger partial charge in [-0.3, -0.25) is 0 Å². The highest BCUT2D eigenvalue weighted by molar-refractivity contribution is 6.32. The van der Waals surface area contributed by atoms with Crippen molar-refractivity contribution in [1.82, 2.24) is 0 Å². The van der Waals surface area contributed by atoms with Gasteiger partial charge in [-0.15, -0.1) is 0 Å². The summed E-state index contributed by atoms with van der Waals surface area (Å²) in [5.74, 6) is 1.23. The molecule has 0 aliphatic rings. The molecule has 18 heavy (non-hydrogen) atoms. The molecule has 2 rings (SSSR count). The third-order valence-electron chi connectivity index (χ3n) is 2.40. The molecule has 0 fully saturated rings. The summed E-state index contributed by atoms with van der Waals surface area (Å²) < 4.78 is 10.6. The third-order valence-corrected chi connectivity index (χ3v) is 2.70. The van der Waals surface area contributed by atoms with Crippen LogP contribution in [0.1, 0.15) is 5.56 Å². The van der Waals surface area contributed by atoms with E-state index in [1.54, 1.807) is 7.11 Å². The molecule has 0 unspecified atom stereocenters. The van der Waals surface area contributed by atoms with E-state index in [4.69, 9.17) is 21.1 Å². The summed E-state index contributed by atoms with van der Waals surface area (Å²) in [7, 11) is 1.62. The minimum absolute atomic E-state index is 0.00382. The quantitative estimate of drug-likeness (QED) is 0.918. The van der Waals surface area contributed by atoms with E-state index in [2.05, 4.69) is 6.07 Å². The molecule has 0 heterocycles. The zero-order valence-electron chi connectivity index (χ0n) is 9.81. The maximum absolute atomic E-state index is 9.29. The van der Waals surface area contributed by atoms with E-state index in [9.17, 15) is 5.11 Å². The second-order valence-corrected chi connectivity index (χ2v) is 4.07. The van der Waals surface area contributed by atoms with Crippen molar-refractivity contribution in [2.75, 3.05) is 7.11 Å². The van der Waals surface area contributed by atoms with Crippen LogP contribution in [-0.4, -0.2) is 12.2 Å². The Morgan fingerprint density at radius 3 is 2.67 bits per heavy atom. The molecule has 0 aliphatic carbocycles. The molecule has 2 aromatic carbocycles. The van der Waals surface area contributed by atoms with E-state index in [0.29, 0.717) is 17.4 Å². The lowest BCUT2D eigenvalue weighted by Gasteiger charge is -2.08. The molecule has 0 saturated carbocycles. The van der Waals surface area contributed by atoms with Crippen molar-refractivity contribution < 1.29 is 14.6 Å². The van der Waals surface area contributed by atoms with Gasteiger partial charge in [0.15, 0.2) is 0 Å². The van der Waals surface area contributed by atoms with Crippen molar-refractivity contribution in [3.05, 3.63) is 53.1 Å². The topological polar surface area (TPSA) is 38.7 Å². The first kappa shape index (κ1) is 12.6. The van der Waals surface area contributed by atoms with Crippen LogP contribution in [0, 0.1) is 6.07 Å². The number of phenolic OH excluding ortho intramolecular Hbond substituents is 1. The zero-order valence-corrected chi connectivity index (χ0v) is 10.6. The maximum atomic E-state index is 9.29. The Labute approximate surface area is 111 Å². The van der Waals surface area contributed by atoms with Gasteiger partial charge < -0.3 is 14.6 Å². The average molecular weight is 264 g/mol. The summed E-state index contributed by atoms with van der Waals surface area (Å²) in [6, 6.07) is 13.0. The standard InChI is InChI=1S/C14H12ClO3/c1-17-12-5-2-10(3-6-12)9-18-14-8-11(16)4-7-13(14)15/h2-3,5-8,16H,9H2,1H3. The predicted octanol–water partition coefficient (Wildman–Crippen LogP) is 3.43. The summed E-state index contributed by atoms with van der Waals surface area (Å²) in [5.41, 5.74) is 0.985. The number of ether oxygens (including phenoxy) is 2. The fraction of sp³-hybridized carbons (Fsp3) is 0.143. The Kier molecular flexibility index (Phi) is 3.95. The van der Waals surface area contributed by atoms with Crippen molar-refractivity contribution in [2.24, 2.45) is 0 Å². The molecule has 4 heteroatoms. The molecule has 0 saturated heterocycles. The molecular weight excluding hydrogens is 252 g/mol. The van der Waals surface area contributed by atoms with Gasteiger partial charge in [-0.05, 0) is 23.8 Å². The van der Waals surface area contributed by atoms with E-state index in [0.717, 1.165) is 11.3 Å². The van der Waals surface area contributed by atoms with Crippen LogP contribution < -0.4 is 9.47 Å². The van der Waals surface area contributed by atoms with Gasteiger partial charge in [-0.1, -0.05) is 23.7 Å². The predicted molar refractivity (Wildman–Crippen MR) is 69.3 cm³/mol. The molecule has 0 aromatic heterocycles. The molecular formula is C14H12ClO3. The molecule has 2 aromatic rings. The molecule has 1 N–H and O–H groups in total. The largest absolute Gasteiger partial charge is 0.507 e. The lowest BCUT2D eigenvalue weighted by molar-refractivity contribution is 0.304. The van der Waals surface area contributed by atoms with Gasteiger partial charge in [0.1, 0.15) is 23.9 Å². The molecule has 0 amide bonds. The van der Waals surface area contributed by atoms with Gasteiger partial charge in [0.2, 0.25) is 0 Å². The Bertz CT molecular complexity index is 523. The molecule has 93 valence electrons. The molecule has 0 spiro atoms. The van der Waals surface area contributed by atoms with Gasteiger partial charge >= 0.3 is 0 Å². The third kappa shape index (κ3) is 3.08. The van der Waals surface area contributed by atoms with Crippen molar-refractivity contribution in [2.45, 2.75) is 6.61 Å². The minimum atomic E-state index is 0.00382. The first-order valence-corrected chi connectivity index (χ1v) is 5.73. The summed E-state index contributed by atoms with van der Waals surface area (Å²) in [4.78, 5) is 0. The van der Waals surface area contributed by atoms with Crippen LogP contribution >= 0.6 is 11.6 Å². The number of aromatic hydroxyl groups is 1. The summed E-state index contributed by atoms with van der Waals surface area (Å²) in [6.07, 6.45) is 0. The fourth-order valence-electron chi connectivity index (χ4n) is 1.44. The van der Waals surface area contributed by atoms with Crippen LogP contribution in [0.2, 0.25) is 5.02 Å². The Morgan fingerprint density at radius 1 is 1.28 bits per heavy atom. The monoisotopic (exact) mass is 263 g/mol. The average Bonchev–Trinajstić information content (AvgIpc) is 2.40. The number of rotatable bonds is 4. The minimum Gasteiger partial charge on any atom is -0.507 e. The second kappa shape index (κ2) is 5.65. The van der Waals surface area contributed by atoms with Gasteiger partial charge in [0, 0.05) is 12.1 Å². The number of phenols is 1. The Balaban J connectivity index is 2.04. The van der Waals surface area contributed by atoms with Crippen molar-refractivity contribution >= 4 is 11.6 Å². The van der Waals surface area contributed by atoms with Crippen molar-refractivity contribution in [1.29, 1.82) is 0 Å². The first-order chi connectivity index (χ1) is 8.69. The highest BCUT2D eigenvalue weighted by Gasteiger charge is 2.03. The molecule has 0 atom stereocenters. The SMILES string of the molecule is COc1ccc(COc2cc(O)[c]cc2Cl)cc1. The van der Waals surface area contributed by atoms with E-state index < -0.39 is 0 Å².